The van der Waals surface area contributed by atoms with Gasteiger partial charge >= 0.3 is 0 Å². The second kappa shape index (κ2) is 9.02. The van der Waals surface area contributed by atoms with Gasteiger partial charge in [0.15, 0.2) is 0 Å². The Morgan fingerprint density at radius 1 is 1.03 bits per heavy atom. The maximum absolute atomic E-state index is 13.0. The molecule has 2 aromatic rings. The molecule has 1 aliphatic heterocycles. The molecule has 1 atom stereocenters. The van der Waals surface area contributed by atoms with E-state index in [-0.39, 0.29) is 23.5 Å². The molecule has 8 heteroatoms. The highest BCUT2D eigenvalue weighted by Crippen LogP contribution is 2.16. The minimum Gasteiger partial charge on any atom is -0.346 e. The van der Waals surface area contributed by atoms with Crippen LogP contribution in [0.3, 0.4) is 0 Å². The zero-order valence-corrected chi connectivity index (χ0v) is 17.5. The first-order valence-corrected chi connectivity index (χ1v) is 11.2. The summed E-state index contributed by atoms with van der Waals surface area (Å²) < 4.78 is 39.8. The van der Waals surface area contributed by atoms with Gasteiger partial charge in [0, 0.05) is 31.7 Å². The van der Waals surface area contributed by atoms with E-state index in [1.165, 1.54) is 16.4 Å². The molecule has 29 heavy (non-hydrogen) atoms. The lowest BCUT2D eigenvalue weighted by molar-refractivity contribution is 0.0940. The molecule has 1 fully saturated rings. The van der Waals surface area contributed by atoms with Gasteiger partial charge in [-0.05, 0) is 49.4 Å². The molecule has 1 heterocycles. The number of benzene rings is 2. The summed E-state index contributed by atoms with van der Waals surface area (Å²) in [5.74, 6) is -0.672. The molecule has 2 aromatic carbocycles. The van der Waals surface area contributed by atoms with Crippen LogP contribution in [-0.2, 0) is 15.8 Å². The van der Waals surface area contributed by atoms with E-state index >= 15 is 0 Å². The van der Waals surface area contributed by atoms with Gasteiger partial charge in [-0.3, -0.25) is 4.79 Å². The van der Waals surface area contributed by atoms with Crippen molar-refractivity contribution < 1.29 is 17.6 Å². The fourth-order valence-electron chi connectivity index (χ4n) is 3.24. The molecule has 1 amide bonds. The number of hydrogen-bond acceptors (Lipinski definition) is 4. The van der Waals surface area contributed by atoms with Crippen molar-refractivity contribution >= 4 is 15.9 Å². The highest BCUT2D eigenvalue weighted by molar-refractivity contribution is 7.88. The second-order valence-electron chi connectivity index (χ2n) is 7.40. The lowest BCUT2D eigenvalue weighted by atomic mass is 10.1. The molecule has 1 aliphatic rings. The highest BCUT2D eigenvalue weighted by Gasteiger charge is 2.25. The number of halogens is 1. The van der Waals surface area contributed by atoms with Crippen LogP contribution in [0.2, 0.25) is 0 Å². The number of sulfonamides is 1. The van der Waals surface area contributed by atoms with Crippen LogP contribution in [0.4, 0.5) is 4.39 Å². The van der Waals surface area contributed by atoms with E-state index in [0.29, 0.717) is 24.2 Å². The molecule has 0 aliphatic carbocycles. The minimum atomic E-state index is -3.38. The Morgan fingerprint density at radius 3 is 2.21 bits per heavy atom. The maximum atomic E-state index is 13.0. The summed E-state index contributed by atoms with van der Waals surface area (Å²) in [5.41, 5.74) is 1.89. The van der Waals surface area contributed by atoms with Crippen molar-refractivity contribution in [1.82, 2.24) is 14.5 Å². The number of nitrogens with one attached hydrogen (secondary N) is 1. The van der Waals surface area contributed by atoms with Gasteiger partial charge in [-0.25, -0.2) is 12.8 Å². The Balaban J connectivity index is 1.60. The first-order valence-electron chi connectivity index (χ1n) is 9.56. The van der Waals surface area contributed by atoms with Gasteiger partial charge in [0.05, 0.1) is 11.8 Å². The van der Waals surface area contributed by atoms with Crippen LogP contribution in [0.5, 0.6) is 0 Å². The first kappa shape index (κ1) is 21.4. The van der Waals surface area contributed by atoms with E-state index in [0.717, 1.165) is 18.7 Å². The van der Waals surface area contributed by atoms with E-state index in [4.69, 9.17) is 0 Å². The second-order valence-corrected chi connectivity index (χ2v) is 9.37. The maximum Gasteiger partial charge on any atom is 0.251 e. The summed E-state index contributed by atoms with van der Waals surface area (Å²) in [6, 6.07) is 12.3. The summed E-state index contributed by atoms with van der Waals surface area (Å²) in [5, 5.41) is 2.86. The van der Waals surface area contributed by atoms with Crippen LogP contribution < -0.4 is 5.32 Å². The van der Waals surface area contributed by atoms with Crippen LogP contribution in [-0.4, -0.2) is 56.8 Å². The average molecular weight is 420 g/mol. The molecule has 1 N–H and O–H groups in total. The molecule has 0 saturated carbocycles. The van der Waals surface area contributed by atoms with Gasteiger partial charge in [0.2, 0.25) is 10.0 Å². The third-order valence-electron chi connectivity index (χ3n) is 5.14. The highest BCUT2D eigenvalue weighted by atomic mass is 32.2. The molecule has 0 bridgehead atoms. The van der Waals surface area contributed by atoms with Crippen LogP contribution in [0.15, 0.2) is 48.5 Å². The molecule has 1 saturated heterocycles. The molecule has 0 unspecified atom stereocenters. The quantitative estimate of drug-likeness (QED) is 0.781. The van der Waals surface area contributed by atoms with Crippen LogP contribution in [0.25, 0.3) is 0 Å². The number of carbonyl (C=O) groups excluding carboxylic acids is 1. The van der Waals surface area contributed by atoms with Crippen molar-refractivity contribution in [1.29, 1.82) is 0 Å². The SMILES string of the molecule is C[C@H](NC(=O)c1ccc(CS(=O)(=O)N2CCN(C)CC2)cc1)c1ccc(F)cc1. The average Bonchev–Trinajstić information content (AvgIpc) is 2.69. The van der Waals surface area contributed by atoms with Crippen LogP contribution >= 0.6 is 0 Å². The third kappa shape index (κ3) is 5.62. The molecule has 156 valence electrons. The van der Waals surface area contributed by atoms with E-state index < -0.39 is 10.0 Å². The van der Waals surface area contributed by atoms with E-state index in [2.05, 4.69) is 10.2 Å². The summed E-state index contributed by atoms with van der Waals surface area (Å²) >= 11 is 0. The zero-order valence-electron chi connectivity index (χ0n) is 16.6. The number of carbonyl (C=O) groups is 1. The van der Waals surface area contributed by atoms with E-state index in [1.807, 2.05) is 14.0 Å². The number of piperazine rings is 1. The lowest BCUT2D eigenvalue weighted by Crippen LogP contribution is -2.47. The summed E-state index contributed by atoms with van der Waals surface area (Å²) in [6.45, 7) is 4.28. The number of nitrogens with zero attached hydrogens (tertiary/aromatic N) is 2. The van der Waals surface area contributed by atoms with Gasteiger partial charge in [-0.1, -0.05) is 24.3 Å². The van der Waals surface area contributed by atoms with Crippen molar-refractivity contribution in [2.24, 2.45) is 0 Å². The number of rotatable bonds is 6. The topological polar surface area (TPSA) is 69.7 Å². The van der Waals surface area contributed by atoms with Crippen LogP contribution in [0, 0.1) is 5.82 Å². The number of likely N-dealkylation sites (N-methyl/N-ethyl adjacent to an activating group) is 1. The third-order valence-corrected chi connectivity index (χ3v) is 6.99. The lowest BCUT2D eigenvalue weighted by Gasteiger charge is -2.31. The van der Waals surface area contributed by atoms with E-state index in [1.54, 1.807) is 36.4 Å². The van der Waals surface area contributed by atoms with Crippen molar-refractivity contribution in [3.63, 3.8) is 0 Å². The molecular formula is C21H26FN3O3S. The van der Waals surface area contributed by atoms with Gasteiger partial charge in [0.25, 0.3) is 5.91 Å². The normalized spacial score (nSPS) is 17.1. The first-order chi connectivity index (χ1) is 13.7. The predicted octanol–water partition coefficient (Wildman–Crippen LogP) is 2.39. The minimum absolute atomic E-state index is 0.0788. The Hall–Kier alpha value is -2.29. The Morgan fingerprint density at radius 2 is 1.62 bits per heavy atom. The molecule has 6 nitrogen and oxygen atoms in total. The number of hydrogen-bond donors (Lipinski definition) is 1. The molecule has 0 radical (unpaired) electrons. The van der Waals surface area contributed by atoms with Gasteiger partial charge in [-0.2, -0.15) is 4.31 Å². The van der Waals surface area contributed by atoms with Crippen LogP contribution in [0.1, 0.15) is 34.5 Å². The largest absolute Gasteiger partial charge is 0.346 e. The summed E-state index contributed by atoms with van der Waals surface area (Å²) in [4.78, 5) is 14.6. The predicted molar refractivity (Wildman–Crippen MR) is 110 cm³/mol. The van der Waals surface area contributed by atoms with Gasteiger partial charge < -0.3 is 10.2 Å². The zero-order chi connectivity index (χ0) is 21.0. The molecule has 0 spiro atoms. The fourth-order valence-corrected chi connectivity index (χ4v) is 4.75. The molecule has 3 rings (SSSR count). The molecular weight excluding hydrogens is 393 g/mol. The van der Waals surface area contributed by atoms with Crippen molar-refractivity contribution in [3.05, 3.63) is 71.0 Å². The Bertz CT molecular complexity index is 938. The molecule has 0 aromatic heterocycles. The van der Waals surface area contributed by atoms with Crippen molar-refractivity contribution in [2.45, 2.75) is 18.7 Å². The van der Waals surface area contributed by atoms with Gasteiger partial charge in [-0.15, -0.1) is 0 Å². The smallest absolute Gasteiger partial charge is 0.251 e. The number of amides is 1. The standard InChI is InChI=1S/C21H26FN3O3S/c1-16(18-7-9-20(22)10-8-18)23-21(26)19-5-3-17(4-6-19)15-29(27,28)25-13-11-24(2)12-14-25/h3-10,16H,11-15H2,1-2H3,(H,23,26)/t16-/m0/s1. The van der Waals surface area contributed by atoms with Crippen molar-refractivity contribution in [3.8, 4) is 0 Å². The Kier molecular flexibility index (Phi) is 6.66. The Labute approximate surface area is 171 Å². The monoisotopic (exact) mass is 419 g/mol. The van der Waals surface area contributed by atoms with Gasteiger partial charge in [0.1, 0.15) is 5.82 Å². The summed E-state index contributed by atoms with van der Waals surface area (Å²) in [6.07, 6.45) is 0. The fraction of sp³-hybridized carbons (Fsp3) is 0.381. The summed E-state index contributed by atoms with van der Waals surface area (Å²) in [7, 11) is -1.40. The van der Waals surface area contributed by atoms with E-state index in [9.17, 15) is 17.6 Å². The van der Waals surface area contributed by atoms with Crippen molar-refractivity contribution in [2.75, 3.05) is 33.2 Å².